The first kappa shape index (κ1) is 21.3. The van der Waals surface area contributed by atoms with Gasteiger partial charge in [0.05, 0.1) is 21.3 Å². The first-order valence-electron chi connectivity index (χ1n) is 10.5. The monoisotopic (exact) mass is 398 g/mol. The Labute approximate surface area is 175 Å². The molecule has 0 saturated carbocycles. The van der Waals surface area contributed by atoms with Crippen LogP contribution < -0.4 is 19.5 Å². The summed E-state index contributed by atoms with van der Waals surface area (Å²) in [4.78, 5) is 2.59. The average molecular weight is 399 g/mol. The fraction of sp³-hybridized carbons (Fsp3) is 0.500. The van der Waals surface area contributed by atoms with Gasteiger partial charge >= 0.3 is 0 Å². The Morgan fingerprint density at radius 1 is 0.897 bits per heavy atom. The molecular weight excluding hydrogens is 364 g/mol. The van der Waals surface area contributed by atoms with Crippen LogP contribution in [0, 0.1) is 5.92 Å². The van der Waals surface area contributed by atoms with Crippen molar-refractivity contribution in [1.82, 2.24) is 4.90 Å². The van der Waals surface area contributed by atoms with Crippen molar-refractivity contribution >= 4 is 5.69 Å². The summed E-state index contributed by atoms with van der Waals surface area (Å²) in [5, 5.41) is 3.53. The first-order chi connectivity index (χ1) is 14.2. The molecule has 0 unspecified atom stereocenters. The number of piperidine rings is 1. The minimum Gasteiger partial charge on any atom is -0.497 e. The maximum atomic E-state index is 5.41. The lowest BCUT2D eigenvalue weighted by atomic mass is 9.93. The molecule has 0 aromatic heterocycles. The van der Waals surface area contributed by atoms with Gasteiger partial charge in [-0.3, -0.25) is 0 Å². The summed E-state index contributed by atoms with van der Waals surface area (Å²) in [5.41, 5.74) is 2.46. The van der Waals surface area contributed by atoms with Crippen molar-refractivity contribution in [1.29, 1.82) is 0 Å². The standard InChI is InChI=1S/C24H34N2O3/c1-27-22-7-5-21(6-8-22)25-14-10-19-11-15-26(16-12-19)17-13-20-4-9-23(28-2)24(18-20)29-3/h4-9,18-19,25H,10-17H2,1-3H3. The SMILES string of the molecule is COc1ccc(NCCC2CCN(CCc3ccc(OC)c(OC)c3)CC2)cc1. The lowest BCUT2D eigenvalue weighted by Gasteiger charge is -2.32. The molecule has 1 fully saturated rings. The number of methoxy groups -OCH3 is 3. The molecule has 1 saturated heterocycles. The van der Waals surface area contributed by atoms with Crippen molar-refractivity contribution < 1.29 is 14.2 Å². The zero-order chi connectivity index (χ0) is 20.5. The Bertz CT molecular complexity index is 740. The molecule has 5 nitrogen and oxygen atoms in total. The number of hydrogen-bond donors (Lipinski definition) is 1. The van der Waals surface area contributed by atoms with Crippen molar-refractivity contribution in [2.24, 2.45) is 5.92 Å². The molecular formula is C24H34N2O3. The first-order valence-corrected chi connectivity index (χ1v) is 10.5. The van der Waals surface area contributed by atoms with Crippen LogP contribution in [0.3, 0.4) is 0 Å². The van der Waals surface area contributed by atoms with Crippen molar-refractivity contribution in [2.45, 2.75) is 25.7 Å². The summed E-state index contributed by atoms with van der Waals surface area (Å²) in [6.07, 6.45) is 4.85. The molecule has 1 heterocycles. The van der Waals surface area contributed by atoms with Crippen molar-refractivity contribution in [2.75, 3.05) is 52.8 Å². The van der Waals surface area contributed by atoms with E-state index in [1.807, 2.05) is 18.2 Å². The third-order valence-corrected chi connectivity index (χ3v) is 5.84. The second kappa shape index (κ2) is 11.0. The second-order valence-electron chi connectivity index (χ2n) is 7.67. The van der Waals surface area contributed by atoms with Gasteiger partial charge in [-0.1, -0.05) is 6.07 Å². The number of rotatable bonds is 10. The molecule has 0 atom stereocenters. The van der Waals surface area contributed by atoms with Crippen LogP contribution in [-0.4, -0.2) is 52.4 Å². The van der Waals surface area contributed by atoms with E-state index in [0.717, 1.165) is 48.4 Å². The third kappa shape index (κ3) is 6.29. The normalized spacial score (nSPS) is 15.1. The number of benzene rings is 2. The maximum absolute atomic E-state index is 5.41. The van der Waals surface area contributed by atoms with Gasteiger partial charge in [0.1, 0.15) is 5.75 Å². The summed E-state index contributed by atoms with van der Waals surface area (Å²) in [7, 11) is 5.06. The zero-order valence-electron chi connectivity index (χ0n) is 17.9. The lowest BCUT2D eigenvalue weighted by molar-refractivity contribution is 0.183. The van der Waals surface area contributed by atoms with Crippen molar-refractivity contribution in [3.8, 4) is 17.2 Å². The minimum absolute atomic E-state index is 0.792. The van der Waals surface area contributed by atoms with Crippen molar-refractivity contribution in [3.05, 3.63) is 48.0 Å². The number of anilines is 1. The Balaban J connectivity index is 1.35. The Morgan fingerprint density at radius 3 is 2.28 bits per heavy atom. The molecule has 0 bridgehead atoms. The lowest BCUT2D eigenvalue weighted by Crippen LogP contribution is -2.35. The molecule has 3 rings (SSSR count). The maximum Gasteiger partial charge on any atom is 0.160 e. The molecule has 1 N–H and O–H groups in total. The fourth-order valence-electron chi connectivity index (χ4n) is 3.95. The van der Waals surface area contributed by atoms with E-state index in [0.29, 0.717) is 0 Å². The molecule has 0 amide bonds. The fourth-order valence-corrected chi connectivity index (χ4v) is 3.95. The van der Waals surface area contributed by atoms with E-state index in [-0.39, 0.29) is 0 Å². The molecule has 1 aliphatic heterocycles. The number of ether oxygens (including phenoxy) is 3. The molecule has 0 radical (unpaired) electrons. The second-order valence-corrected chi connectivity index (χ2v) is 7.67. The van der Waals surface area contributed by atoms with Gasteiger partial charge in [0.2, 0.25) is 0 Å². The molecule has 29 heavy (non-hydrogen) atoms. The highest BCUT2D eigenvalue weighted by molar-refractivity contribution is 5.46. The third-order valence-electron chi connectivity index (χ3n) is 5.84. The molecule has 158 valence electrons. The van der Waals surface area contributed by atoms with Gasteiger partial charge in [0.15, 0.2) is 11.5 Å². The van der Waals surface area contributed by atoms with Crippen molar-refractivity contribution in [3.63, 3.8) is 0 Å². The van der Waals surface area contributed by atoms with Crippen LogP contribution in [0.25, 0.3) is 0 Å². The Kier molecular flexibility index (Phi) is 8.05. The number of nitrogens with one attached hydrogen (secondary N) is 1. The predicted octanol–water partition coefficient (Wildman–Crippen LogP) is 4.47. The van der Waals surface area contributed by atoms with Crippen LogP contribution in [0.1, 0.15) is 24.8 Å². The Morgan fingerprint density at radius 2 is 1.62 bits per heavy atom. The molecule has 5 heteroatoms. The molecule has 2 aromatic carbocycles. The molecule has 0 aliphatic carbocycles. The van der Waals surface area contributed by atoms with E-state index in [2.05, 4.69) is 34.5 Å². The quantitative estimate of drug-likeness (QED) is 0.640. The van der Waals surface area contributed by atoms with Gasteiger partial charge in [-0.05, 0) is 86.7 Å². The van der Waals surface area contributed by atoms with Crippen LogP contribution >= 0.6 is 0 Å². The highest BCUT2D eigenvalue weighted by Crippen LogP contribution is 2.28. The average Bonchev–Trinajstić information content (AvgIpc) is 2.78. The van der Waals surface area contributed by atoms with Crippen LogP contribution in [0.5, 0.6) is 17.2 Å². The van der Waals surface area contributed by atoms with Crippen LogP contribution in [0.15, 0.2) is 42.5 Å². The molecule has 2 aromatic rings. The van der Waals surface area contributed by atoms with Crippen LogP contribution in [-0.2, 0) is 6.42 Å². The van der Waals surface area contributed by atoms with Gasteiger partial charge in [0.25, 0.3) is 0 Å². The number of hydrogen-bond acceptors (Lipinski definition) is 5. The van der Waals surface area contributed by atoms with Gasteiger partial charge < -0.3 is 24.4 Å². The van der Waals surface area contributed by atoms with E-state index in [4.69, 9.17) is 14.2 Å². The summed E-state index contributed by atoms with van der Waals surface area (Å²) >= 11 is 0. The van der Waals surface area contributed by atoms with E-state index >= 15 is 0 Å². The highest BCUT2D eigenvalue weighted by atomic mass is 16.5. The molecule has 0 spiro atoms. The smallest absolute Gasteiger partial charge is 0.160 e. The van der Waals surface area contributed by atoms with Crippen LogP contribution in [0.4, 0.5) is 5.69 Å². The van der Waals surface area contributed by atoms with Gasteiger partial charge in [-0.15, -0.1) is 0 Å². The largest absolute Gasteiger partial charge is 0.497 e. The van der Waals surface area contributed by atoms with E-state index in [1.165, 1.54) is 37.9 Å². The topological polar surface area (TPSA) is 43.0 Å². The number of likely N-dealkylation sites (tertiary alicyclic amines) is 1. The Hall–Kier alpha value is -2.40. The predicted molar refractivity (Wildman–Crippen MR) is 119 cm³/mol. The van der Waals surface area contributed by atoms with E-state index in [9.17, 15) is 0 Å². The minimum atomic E-state index is 0.792. The summed E-state index contributed by atoms with van der Waals surface area (Å²) in [6.45, 7) is 4.52. The number of nitrogens with zero attached hydrogens (tertiary/aromatic N) is 1. The van der Waals surface area contributed by atoms with Crippen LogP contribution in [0.2, 0.25) is 0 Å². The zero-order valence-corrected chi connectivity index (χ0v) is 17.9. The van der Waals surface area contributed by atoms with Gasteiger partial charge in [0, 0.05) is 18.8 Å². The van der Waals surface area contributed by atoms with Gasteiger partial charge in [-0.2, -0.15) is 0 Å². The molecule has 1 aliphatic rings. The summed E-state index contributed by atoms with van der Waals surface area (Å²) in [6, 6.07) is 14.4. The summed E-state index contributed by atoms with van der Waals surface area (Å²) in [5.74, 6) is 3.32. The van der Waals surface area contributed by atoms with Gasteiger partial charge in [-0.25, -0.2) is 0 Å². The van der Waals surface area contributed by atoms with E-state index < -0.39 is 0 Å². The highest BCUT2D eigenvalue weighted by Gasteiger charge is 2.18. The summed E-state index contributed by atoms with van der Waals surface area (Å²) < 4.78 is 15.9. The van der Waals surface area contributed by atoms with E-state index in [1.54, 1.807) is 21.3 Å².